The summed E-state index contributed by atoms with van der Waals surface area (Å²) in [5.41, 5.74) is 1.43. The summed E-state index contributed by atoms with van der Waals surface area (Å²) in [5.74, 6) is 1.47. The summed E-state index contributed by atoms with van der Waals surface area (Å²) in [6, 6.07) is 17.1. The molecule has 0 saturated carbocycles. The summed E-state index contributed by atoms with van der Waals surface area (Å²) in [7, 11) is 0. The number of rotatable bonds is 7. The summed E-state index contributed by atoms with van der Waals surface area (Å²) in [6.07, 6.45) is -2.37. The Morgan fingerprint density at radius 1 is 1.10 bits per heavy atom. The third-order valence-corrected chi connectivity index (χ3v) is 5.71. The van der Waals surface area contributed by atoms with E-state index in [0.29, 0.717) is 23.9 Å². The lowest BCUT2D eigenvalue weighted by Gasteiger charge is -2.43. The number of hydrogen-bond acceptors (Lipinski definition) is 3. The molecule has 0 amide bonds. The van der Waals surface area contributed by atoms with E-state index in [9.17, 15) is 13.2 Å². The van der Waals surface area contributed by atoms with Crippen molar-refractivity contribution in [3.63, 3.8) is 0 Å². The molecule has 7 heteroatoms. The third kappa shape index (κ3) is 6.37. The van der Waals surface area contributed by atoms with Crippen LogP contribution in [-0.4, -0.2) is 19.3 Å². The van der Waals surface area contributed by atoms with Crippen LogP contribution >= 0.6 is 12.4 Å². The molecule has 0 radical (unpaired) electrons. The van der Waals surface area contributed by atoms with Crippen LogP contribution in [-0.2, 0) is 12.2 Å². The van der Waals surface area contributed by atoms with E-state index in [0.717, 1.165) is 24.9 Å². The molecule has 2 aromatic carbocycles. The Bertz CT molecular complexity index is 776. The zero-order chi connectivity index (χ0) is 20.9. The molecule has 2 aromatic rings. The zero-order valence-electron chi connectivity index (χ0n) is 17.3. The first-order chi connectivity index (χ1) is 13.8. The van der Waals surface area contributed by atoms with Crippen molar-refractivity contribution in [2.75, 3.05) is 13.2 Å². The molecular formula is C23H30ClF3N2O. The standard InChI is InChI=1S/C23H29F3N2O.ClH/c1-17(2)18-12-13-22(27-14-18,20-9-4-3-5-10-20)28-15-19-8-6-7-11-21(19)29-16-23(24,25)26;/h3-11,17-18,27-28H,12-16H2,1-2H3;1H. The van der Waals surface area contributed by atoms with Gasteiger partial charge in [-0.25, -0.2) is 0 Å². The third-order valence-electron chi connectivity index (χ3n) is 5.71. The molecule has 0 spiro atoms. The van der Waals surface area contributed by atoms with Crippen molar-refractivity contribution < 1.29 is 17.9 Å². The fourth-order valence-corrected chi connectivity index (χ4v) is 3.89. The molecule has 1 aliphatic rings. The first-order valence-electron chi connectivity index (χ1n) is 10.1. The Morgan fingerprint density at radius 3 is 2.37 bits per heavy atom. The van der Waals surface area contributed by atoms with Crippen molar-refractivity contribution >= 4 is 12.4 Å². The van der Waals surface area contributed by atoms with Crippen LogP contribution in [0.15, 0.2) is 54.6 Å². The molecule has 3 rings (SSSR count). The van der Waals surface area contributed by atoms with Gasteiger partial charge in [0, 0.05) is 18.7 Å². The molecule has 0 aromatic heterocycles. The van der Waals surface area contributed by atoms with Gasteiger partial charge in [-0.3, -0.25) is 10.6 Å². The molecule has 1 saturated heterocycles. The zero-order valence-corrected chi connectivity index (χ0v) is 18.2. The highest BCUT2D eigenvalue weighted by Gasteiger charge is 2.37. The fourth-order valence-electron chi connectivity index (χ4n) is 3.89. The molecule has 1 heterocycles. The molecule has 0 bridgehead atoms. The normalized spacial score (nSPS) is 21.9. The lowest BCUT2D eigenvalue weighted by Crippen LogP contribution is -2.58. The van der Waals surface area contributed by atoms with Crippen LogP contribution in [0.4, 0.5) is 13.2 Å². The molecule has 3 nitrogen and oxygen atoms in total. The number of alkyl halides is 3. The van der Waals surface area contributed by atoms with Crippen LogP contribution in [0.5, 0.6) is 5.75 Å². The maximum atomic E-state index is 12.6. The minimum absolute atomic E-state index is 0. The first-order valence-corrected chi connectivity index (χ1v) is 10.1. The second-order valence-electron chi connectivity index (χ2n) is 8.06. The van der Waals surface area contributed by atoms with E-state index in [1.165, 1.54) is 0 Å². The maximum Gasteiger partial charge on any atom is 0.422 e. The number of hydrogen-bond donors (Lipinski definition) is 2. The quantitative estimate of drug-likeness (QED) is 0.581. The number of halogens is 4. The van der Waals surface area contributed by atoms with Gasteiger partial charge in [-0.05, 0) is 36.3 Å². The molecule has 0 aliphatic carbocycles. The Kier molecular flexibility index (Phi) is 8.59. The van der Waals surface area contributed by atoms with Crippen molar-refractivity contribution in [2.45, 2.75) is 45.1 Å². The molecular weight excluding hydrogens is 413 g/mol. The summed E-state index contributed by atoms with van der Waals surface area (Å²) < 4.78 is 42.8. The average Bonchev–Trinajstić information content (AvgIpc) is 2.71. The van der Waals surface area contributed by atoms with Crippen molar-refractivity contribution in [1.29, 1.82) is 0 Å². The van der Waals surface area contributed by atoms with E-state index < -0.39 is 18.4 Å². The summed E-state index contributed by atoms with van der Waals surface area (Å²) in [4.78, 5) is 0. The van der Waals surface area contributed by atoms with E-state index in [4.69, 9.17) is 4.74 Å². The highest BCUT2D eigenvalue weighted by atomic mass is 35.5. The minimum atomic E-state index is -4.36. The van der Waals surface area contributed by atoms with Gasteiger partial charge in [0.05, 0.1) is 5.66 Å². The van der Waals surface area contributed by atoms with Gasteiger partial charge in [0.15, 0.2) is 6.61 Å². The Balaban J connectivity index is 0.00000320. The number of ether oxygens (including phenoxy) is 1. The van der Waals surface area contributed by atoms with E-state index in [1.54, 1.807) is 18.2 Å². The van der Waals surface area contributed by atoms with E-state index in [2.05, 4.69) is 36.6 Å². The second-order valence-corrected chi connectivity index (χ2v) is 8.06. The summed E-state index contributed by atoms with van der Waals surface area (Å²) >= 11 is 0. The number of benzene rings is 2. The first kappa shape index (κ1) is 24.5. The smallest absolute Gasteiger partial charge is 0.422 e. The van der Waals surface area contributed by atoms with Crippen LogP contribution in [0.3, 0.4) is 0 Å². The maximum absolute atomic E-state index is 12.6. The number of piperidine rings is 1. The molecule has 2 unspecified atom stereocenters. The van der Waals surface area contributed by atoms with Gasteiger partial charge in [0.2, 0.25) is 0 Å². The van der Waals surface area contributed by atoms with Gasteiger partial charge in [-0.15, -0.1) is 12.4 Å². The predicted molar refractivity (Wildman–Crippen MR) is 116 cm³/mol. The molecule has 30 heavy (non-hydrogen) atoms. The monoisotopic (exact) mass is 442 g/mol. The summed E-state index contributed by atoms with van der Waals surface area (Å²) in [5, 5.41) is 7.29. The van der Waals surface area contributed by atoms with Crippen molar-refractivity contribution in [3.8, 4) is 5.75 Å². The van der Waals surface area contributed by atoms with Crippen molar-refractivity contribution in [3.05, 3.63) is 65.7 Å². The number of nitrogens with one attached hydrogen (secondary N) is 2. The predicted octanol–water partition coefficient (Wildman–Crippen LogP) is 5.65. The van der Waals surface area contributed by atoms with Crippen LogP contribution in [0, 0.1) is 11.8 Å². The van der Waals surface area contributed by atoms with Crippen molar-refractivity contribution in [1.82, 2.24) is 10.6 Å². The van der Waals surface area contributed by atoms with Crippen LogP contribution < -0.4 is 15.4 Å². The topological polar surface area (TPSA) is 33.3 Å². The summed E-state index contributed by atoms with van der Waals surface area (Å²) in [6.45, 7) is 4.49. The SMILES string of the molecule is CC(C)C1CCC(NCc2ccccc2OCC(F)(F)F)(c2ccccc2)NC1.Cl. The van der Waals surface area contributed by atoms with Gasteiger partial charge >= 0.3 is 6.18 Å². The van der Waals surface area contributed by atoms with Gasteiger partial charge < -0.3 is 4.74 Å². The van der Waals surface area contributed by atoms with E-state index in [-0.39, 0.29) is 18.2 Å². The Hall–Kier alpha value is -1.76. The fraction of sp³-hybridized carbons (Fsp3) is 0.478. The van der Waals surface area contributed by atoms with Crippen LogP contribution in [0.1, 0.15) is 37.8 Å². The van der Waals surface area contributed by atoms with Gasteiger partial charge in [0.25, 0.3) is 0 Å². The Morgan fingerprint density at radius 2 is 1.77 bits per heavy atom. The van der Waals surface area contributed by atoms with Crippen LogP contribution in [0.25, 0.3) is 0 Å². The second kappa shape index (κ2) is 10.5. The molecule has 166 valence electrons. The molecule has 2 N–H and O–H groups in total. The molecule has 1 fully saturated rings. The average molecular weight is 443 g/mol. The Labute approximate surface area is 182 Å². The highest BCUT2D eigenvalue weighted by molar-refractivity contribution is 5.85. The lowest BCUT2D eigenvalue weighted by molar-refractivity contribution is -0.153. The molecule has 1 aliphatic heterocycles. The largest absolute Gasteiger partial charge is 0.484 e. The lowest BCUT2D eigenvalue weighted by atomic mass is 9.81. The van der Waals surface area contributed by atoms with Gasteiger partial charge in [0.1, 0.15) is 5.75 Å². The number of para-hydroxylation sites is 1. The van der Waals surface area contributed by atoms with Crippen molar-refractivity contribution in [2.24, 2.45) is 11.8 Å². The van der Waals surface area contributed by atoms with Gasteiger partial charge in [-0.1, -0.05) is 62.4 Å². The van der Waals surface area contributed by atoms with E-state index in [1.807, 2.05) is 24.3 Å². The molecule has 2 atom stereocenters. The van der Waals surface area contributed by atoms with Crippen LogP contribution in [0.2, 0.25) is 0 Å². The minimum Gasteiger partial charge on any atom is -0.484 e. The van der Waals surface area contributed by atoms with E-state index >= 15 is 0 Å². The highest BCUT2D eigenvalue weighted by Crippen LogP contribution is 2.33. The van der Waals surface area contributed by atoms with Gasteiger partial charge in [-0.2, -0.15) is 13.2 Å².